The molecule has 0 aliphatic heterocycles. The molecule has 1 aromatic carbocycles. The molecule has 128 valence electrons. The van der Waals surface area contributed by atoms with Crippen LogP contribution in [0.5, 0.6) is 5.75 Å². The van der Waals surface area contributed by atoms with Gasteiger partial charge in [-0.2, -0.15) is 5.26 Å². The Kier molecular flexibility index (Phi) is 7.35. The van der Waals surface area contributed by atoms with Crippen molar-refractivity contribution in [3.05, 3.63) is 35.4 Å². The second-order valence-electron chi connectivity index (χ2n) is 6.25. The van der Waals surface area contributed by atoms with Crippen LogP contribution in [-0.4, -0.2) is 18.6 Å². The first kappa shape index (κ1) is 18.1. The van der Waals surface area contributed by atoms with Crippen molar-refractivity contribution in [3.8, 4) is 11.8 Å². The van der Waals surface area contributed by atoms with E-state index in [1.165, 1.54) is 6.42 Å². The third-order valence-electron chi connectivity index (χ3n) is 4.26. The summed E-state index contributed by atoms with van der Waals surface area (Å²) in [4.78, 5) is 12.3. The minimum absolute atomic E-state index is 0.153. The molecular formula is C20H26N2O2. The van der Waals surface area contributed by atoms with Gasteiger partial charge in [-0.3, -0.25) is 4.79 Å². The number of nitriles is 1. The highest BCUT2D eigenvalue weighted by atomic mass is 16.5. The average Bonchev–Trinajstić information content (AvgIpc) is 2.62. The SMILES string of the molecule is CCCCOc1ccc(/C=C(/C#N)C(=O)NC2CCCCC2)cc1. The number of nitrogens with one attached hydrogen (secondary N) is 1. The van der Waals surface area contributed by atoms with Crippen LogP contribution in [0.3, 0.4) is 0 Å². The van der Waals surface area contributed by atoms with Crippen LogP contribution >= 0.6 is 0 Å². The molecule has 1 fully saturated rings. The third kappa shape index (κ3) is 5.73. The maximum Gasteiger partial charge on any atom is 0.262 e. The third-order valence-corrected chi connectivity index (χ3v) is 4.26. The number of amides is 1. The number of benzene rings is 1. The van der Waals surface area contributed by atoms with Crippen molar-refractivity contribution in [1.82, 2.24) is 5.32 Å². The molecule has 2 rings (SSSR count). The quantitative estimate of drug-likeness (QED) is 0.463. The Hall–Kier alpha value is -2.28. The van der Waals surface area contributed by atoms with Gasteiger partial charge >= 0.3 is 0 Å². The van der Waals surface area contributed by atoms with E-state index < -0.39 is 0 Å². The van der Waals surface area contributed by atoms with Crippen LogP contribution in [0.2, 0.25) is 0 Å². The normalized spacial score (nSPS) is 15.6. The van der Waals surface area contributed by atoms with E-state index in [9.17, 15) is 10.1 Å². The van der Waals surface area contributed by atoms with Crippen LogP contribution in [-0.2, 0) is 4.79 Å². The molecule has 1 saturated carbocycles. The van der Waals surface area contributed by atoms with Crippen LogP contribution in [0.25, 0.3) is 6.08 Å². The lowest BCUT2D eigenvalue weighted by Gasteiger charge is -2.22. The first-order valence-electron chi connectivity index (χ1n) is 8.88. The average molecular weight is 326 g/mol. The van der Waals surface area contributed by atoms with E-state index in [1.807, 2.05) is 30.3 Å². The number of unbranched alkanes of at least 4 members (excludes halogenated alkanes) is 1. The monoisotopic (exact) mass is 326 g/mol. The van der Waals surface area contributed by atoms with Gasteiger partial charge in [0.1, 0.15) is 17.4 Å². The molecule has 0 aromatic heterocycles. The zero-order valence-electron chi connectivity index (χ0n) is 14.4. The minimum Gasteiger partial charge on any atom is -0.494 e. The van der Waals surface area contributed by atoms with E-state index in [0.717, 1.165) is 49.8 Å². The van der Waals surface area contributed by atoms with Gasteiger partial charge in [-0.05, 0) is 43.0 Å². The molecule has 0 atom stereocenters. The van der Waals surface area contributed by atoms with E-state index in [-0.39, 0.29) is 17.5 Å². The molecule has 0 saturated heterocycles. The highest BCUT2D eigenvalue weighted by Crippen LogP contribution is 2.18. The smallest absolute Gasteiger partial charge is 0.262 e. The molecule has 1 amide bonds. The second-order valence-corrected chi connectivity index (χ2v) is 6.25. The van der Waals surface area contributed by atoms with Crippen molar-refractivity contribution in [2.45, 2.75) is 57.9 Å². The van der Waals surface area contributed by atoms with Gasteiger partial charge in [0.2, 0.25) is 0 Å². The number of ether oxygens (including phenoxy) is 1. The summed E-state index contributed by atoms with van der Waals surface area (Å²) in [5.41, 5.74) is 0.980. The summed E-state index contributed by atoms with van der Waals surface area (Å²) in [5, 5.41) is 12.3. The number of carbonyl (C=O) groups excluding carboxylic acids is 1. The Morgan fingerprint density at radius 1 is 1.29 bits per heavy atom. The van der Waals surface area contributed by atoms with E-state index in [0.29, 0.717) is 6.61 Å². The fraction of sp³-hybridized carbons (Fsp3) is 0.500. The Bertz CT molecular complexity index is 593. The molecule has 0 spiro atoms. The van der Waals surface area contributed by atoms with Gasteiger partial charge in [0, 0.05) is 6.04 Å². The molecule has 4 heteroatoms. The molecule has 24 heavy (non-hydrogen) atoms. The summed E-state index contributed by atoms with van der Waals surface area (Å²) in [7, 11) is 0. The molecule has 4 nitrogen and oxygen atoms in total. The lowest BCUT2D eigenvalue weighted by molar-refractivity contribution is -0.117. The van der Waals surface area contributed by atoms with Crippen molar-refractivity contribution < 1.29 is 9.53 Å². The van der Waals surface area contributed by atoms with Crippen molar-refractivity contribution in [3.63, 3.8) is 0 Å². The first-order chi connectivity index (χ1) is 11.7. The number of hydrogen-bond acceptors (Lipinski definition) is 3. The minimum atomic E-state index is -0.271. The largest absolute Gasteiger partial charge is 0.494 e. The molecule has 0 heterocycles. The topological polar surface area (TPSA) is 62.1 Å². The predicted molar refractivity (Wildman–Crippen MR) is 95.5 cm³/mol. The van der Waals surface area contributed by atoms with Crippen LogP contribution in [0.1, 0.15) is 57.4 Å². The van der Waals surface area contributed by atoms with E-state index in [1.54, 1.807) is 6.08 Å². The Morgan fingerprint density at radius 2 is 2.00 bits per heavy atom. The fourth-order valence-corrected chi connectivity index (χ4v) is 2.82. The van der Waals surface area contributed by atoms with Crippen LogP contribution in [0.4, 0.5) is 0 Å². The zero-order valence-corrected chi connectivity index (χ0v) is 14.4. The lowest BCUT2D eigenvalue weighted by atomic mass is 9.95. The van der Waals surface area contributed by atoms with Gasteiger partial charge < -0.3 is 10.1 Å². The summed E-state index contributed by atoms with van der Waals surface area (Å²) in [6.45, 7) is 2.83. The maximum atomic E-state index is 12.3. The molecule has 0 bridgehead atoms. The lowest BCUT2D eigenvalue weighted by Crippen LogP contribution is -2.36. The molecule has 0 radical (unpaired) electrons. The molecule has 0 unspecified atom stereocenters. The van der Waals surface area contributed by atoms with Gasteiger partial charge in [-0.25, -0.2) is 0 Å². The number of carbonyl (C=O) groups is 1. The van der Waals surface area contributed by atoms with Gasteiger partial charge in [-0.1, -0.05) is 44.7 Å². The van der Waals surface area contributed by atoms with Crippen molar-refractivity contribution in [2.75, 3.05) is 6.61 Å². The van der Waals surface area contributed by atoms with Gasteiger partial charge in [0.25, 0.3) is 5.91 Å². The summed E-state index contributed by atoms with van der Waals surface area (Å²) >= 11 is 0. The fourth-order valence-electron chi connectivity index (χ4n) is 2.82. The summed E-state index contributed by atoms with van der Waals surface area (Å²) < 4.78 is 5.62. The summed E-state index contributed by atoms with van der Waals surface area (Å²) in [6, 6.07) is 9.70. The first-order valence-corrected chi connectivity index (χ1v) is 8.88. The van der Waals surface area contributed by atoms with E-state index in [4.69, 9.17) is 4.74 Å². The van der Waals surface area contributed by atoms with Gasteiger partial charge in [0.05, 0.1) is 6.61 Å². The van der Waals surface area contributed by atoms with Gasteiger partial charge in [-0.15, -0.1) is 0 Å². The van der Waals surface area contributed by atoms with Crippen LogP contribution in [0, 0.1) is 11.3 Å². The zero-order chi connectivity index (χ0) is 17.2. The standard InChI is InChI=1S/C20H26N2O2/c1-2-3-13-24-19-11-9-16(10-12-19)14-17(15-21)20(23)22-18-7-5-4-6-8-18/h9-12,14,18H,2-8,13H2,1H3,(H,22,23)/b17-14-. The van der Waals surface area contributed by atoms with E-state index in [2.05, 4.69) is 12.2 Å². The van der Waals surface area contributed by atoms with E-state index >= 15 is 0 Å². The Balaban J connectivity index is 1.95. The predicted octanol–water partition coefficient (Wildman–Crippen LogP) is 4.22. The molecular weight excluding hydrogens is 300 g/mol. The van der Waals surface area contributed by atoms with Crippen molar-refractivity contribution in [2.24, 2.45) is 0 Å². The van der Waals surface area contributed by atoms with Gasteiger partial charge in [0.15, 0.2) is 0 Å². The molecule has 1 N–H and O–H groups in total. The number of nitrogens with zero attached hydrogens (tertiary/aromatic N) is 1. The number of hydrogen-bond donors (Lipinski definition) is 1. The van der Waals surface area contributed by atoms with Crippen LogP contribution in [0.15, 0.2) is 29.8 Å². The highest BCUT2D eigenvalue weighted by Gasteiger charge is 2.17. The van der Waals surface area contributed by atoms with Crippen molar-refractivity contribution >= 4 is 12.0 Å². The van der Waals surface area contributed by atoms with Crippen molar-refractivity contribution in [1.29, 1.82) is 5.26 Å². The molecule has 1 aliphatic carbocycles. The number of rotatable bonds is 7. The Labute approximate surface area is 144 Å². The highest BCUT2D eigenvalue weighted by molar-refractivity contribution is 6.01. The van der Waals surface area contributed by atoms with Crippen LogP contribution < -0.4 is 10.1 Å². The summed E-state index contributed by atoms with van der Waals surface area (Å²) in [5.74, 6) is 0.540. The maximum absolute atomic E-state index is 12.3. The Morgan fingerprint density at radius 3 is 2.62 bits per heavy atom. The molecule has 1 aliphatic rings. The second kappa shape index (κ2) is 9.77. The molecule has 1 aromatic rings. The summed E-state index contributed by atoms with van der Waals surface area (Å²) in [6.07, 6.45) is 9.31.